The monoisotopic (exact) mass is 305 g/mol. The van der Waals surface area contributed by atoms with Gasteiger partial charge in [0.1, 0.15) is 11.3 Å². The van der Waals surface area contributed by atoms with Crippen molar-refractivity contribution in [3.8, 4) is 0 Å². The Morgan fingerprint density at radius 3 is 2.71 bits per heavy atom. The average Bonchev–Trinajstić information content (AvgIpc) is 2.86. The molecule has 0 aromatic carbocycles. The number of rotatable bonds is 4. The van der Waals surface area contributed by atoms with Gasteiger partial charge in [0.25, 0.3) is 0 Å². The number of halogens is 1. The number of aromatic nitrogens is 3. The van der Waals surface area contributed by atoms with E-state index in [1.807, 2.05) is 6.20 Å². The summed E-state index contributed by atoms with van der Waals surface area (Å²) in [6.07, 6.45) is 9.72. The lowest BCUT2D eigenvalue weighted by molar-refractivity contribution is 0.263. The van der Waals surface area contributed by atoms with E-state index in [-0.39, 0.29) is 0 Å². The fourth-order valence-electron chi connectivity index (χ4n) is 3.71. The molecule has 0 aliphatic heterocycles. The quantitative estimate of drug-likeness (QED) is 0.743. The number of alkyl halides is 1. The van der Waals surface area contributed by atoms with Crippen LogP contribution in [0.2, 0.25) is 0 Å². The normalized spacial score (nSPS) is 22.8. The van der Waals surface area contributed by atoms with Crippen molar-refractivity contribution in [2.45, 2.75) is 64.3 Å². The Balaban J connectivity index is 1.89. The molecule has 0 unspecified atom stereocenters. The highest BCUT2D eigenvalue weighted by molar-refractivity contribution is 6.16. The average molecular weight is 306 g/mol. The minimum absolute atomic E-state index is 0.463. The van der Waals surface area contributed by atoms with Gasteiger partial charge in [-0.3, -0.25) is 0 Å². The van der Waals surface area contributed by atoms with Gasteiger partial charge in [0.2, 0.25) is 0 Å². The molecule has 0 bridgehead atoms. The van der Waals surface area contributed by atoms with Gasteiger partial charge >= 0.3 is 0 Å². The zero-order valence-electron chi connectivity index (χ0n) is 13.0. The van der Waals surface area contributed by atoms with Crippen molar-refractivity contribution in [1.82, 2.24) is 14.5 Å². The van der Waals surface area contributed by atoms with Crippen molar-refractivity contribution < 1.29 is 0 Å². The predicted octanol–water partition coefficient (Wildman–Crippen LogP) is 5.01. The Hall–Kier alpha value is -1.09. The molecule has 0 spiro atoms. The Bertz CT molecular complexity index is 612. The smallest absolute Gasteiger partial charge is 0.160 e. The Kier molecular flexibility index (Phi) is 4.48. The molecule has 1 aliphatic carbocycles. The summed E-state index contributed by atoms with van der Waals surface area (Å²) in [5.41, 5.74) is 3.15. The fraction of sp³-hybridized carbons (Fsp3) is 0.647. The van der Waals surface area contributed by atoms with Gasteiger partial charge in [-0.2, -0.15) is 0 Å². The highest BCUT2D eigenvalue weighted by Crippen LogP contribution is 2.36. The van der Waals surface area contributed by atoms with Crippen LogP contribution in [0.4, 0.5) is 0 Å². The first-order valence-electron chi connectivity index (χ1n) is 8.12. The maximum absolute atomic E-state index is 6.13. The van der Waals surface area contributed by atoms with Crippen LogP contribution >= 0.6 is 11.6 Å². The van der Waals surface area contributed by atoms with Crippen LogP contribution in [0, 0.1) is 12.8 Å². The van der Waals surface area contributed by atoms with Crippen LogP contribution in [0.25, 0.3) is 11.2 Å². The molecular weight excluding hydrogens is 282 g/mol. The molecule has 0 radical (unpaired) electrons. The summed E-state index contributed by atoms with van der Waals surface area (Å²) < 4.78 is 2.31. The lowest BCUT2D eigenvalue weighted by Gasteiger charge is -2.30. The number of fused-ring (bicyclic) bond motifs is 1. The van der Waals surface area contributed by atoms with E-state index < -0.39 is 0 Å². The van der Waals surface area contributed by atoms with E-state index in [4.69, 9.17) is 16.6 Å². The third-order valence-electron chi connectivity index (χ3n) is 4.74. The molecule has 4 heteroatoms. The summed E-state index contributed by atoms with van der Waals surface area (Å²) in [4.78, 5) is 9.31. The van der Waals surface area contributed by atoms with Crippen molar-refractivity contribution in [3.05, 3.63) is 23.7 Å². The number of nitrogens with zero attached hydrogens (tertiary/aromatic N) is 3. The van der Waals surface area contributed by atoms with E-state index in [9.17, 15) is 0 Å². The molecule has 0 saturated heterocycles. The Morgan fingerprint density at radius 1 is 1.29 bits per heavy atom. The van der Waals surface area contributed by atoms with Gasteiger partial charge < -0.3 is 4.57 Å². The van der Waals surface area contributed by atoms with E-state index in [1.54, 1.807) is 0 Å². The van der Waals surface area contributed by atoms with Gasteiger partial charge in [0, 0.05) is 12.2 Å². The van der Waals surface area contributed by atoms with Crippen molar-refractivity contribution in [2.24, 2.45) is 5.92 Å². The van der Waals surface area contributed by atoms with Crippen LogP contribution in [0.3, 0.4) is 0 Å². The van der Waals surface area contributed by atoms with Crippen LogP contribution in [0.1, 0.15) is 62.9 Å². The molecule has 2 heterocycles. The molecule has 21 heavy (non-hydrogen) atoms. The predicted molar refractivity (Wildman–Crippen MR) is 87.7 cm³/mol. The molecule has 3 nitrogen and oxygen atoms in total. The molecule has 2 aromatic rings. The number of hydrogen-bond donors (Lipinski definition) is 0. The molecule has 1 fully saturated rings. The minimum atomic E-state index is 0.463. The summed E-state index contributed by atoms with van der Waals surface area (Å²) >= 11 is 6.13. The van der Waals surface area contributed by atoms with E-state index in [0.717, 1.165) is 28.5 Å². The third kappa shape index (κ3) is 2.94. The summed E-state index contributed by atoms with van der Waals surface area (Å²) in [6.45, 7) is 4.34. The van der Waals surface area contributed by atoms with Gasteiger partial charge in [-0.15, -0.1) is 11.6 Å². The van der Waals surface area contributed by atoms with Crippen LogP contribution in [0.15, 0.2) is 12.3 Å². The lowest BCUT2D eigenvalue weighted by Crippen LogP contribution is -2.20. The summed E-state index contributed by atoms with van der Waals surface area (Å²) in [6, 6.07) is 2.63. The minimum Gasteiger partial charge on any atom is -0.309 e. The van der Waals surface area contributed by atoms with Gasteiger partial charge in [-0.05, 0) is 50.2 Å². The summed E-state index contributed by atoms with van der Waals surface area (Å²) in [5.74, 6) is 2.35. The SMILES string of the molecule is CCCC1CCC(n2c(CCl)nc3cc(C)cnc32)CC1. The van der Waals surface area contributed by atoms with Crippen molar-refractivity contribution >= 4 is 22.8 Å². The second-order valence-electron chi connectivity index (χ2n) is 6.35. The number of imidazole rings is 1. The topological polar surface area (TPSA) is 30.7 Å². The maximum atomic E-state index is 6.13. The maximum Gasteiger partial charge on any atom is 0.160 e. The summed E-state index contributed by atoms with van der Waals surface area (Å²) in [5, 5.41) is 0. The van der Waals surface area contributed by atoms with E-state index in [2.05, 4.69) is 29.5 Å². The van der Waals surface area contributed by atoms with Crippen LogP contribution in [0.5, 0.6) is 0 Å². The Labute approximate surface area is 131 Å². The van der Waals surface area contributed by atoms with Crippen molar-refractivity contribution in [2.75, 3.05) is 0 Å². The highest BCUT2D eigenvalue weighted by atomic mass is 35.5. The standard InChI is InChI=1S/C17H24ClN3/c1-3-4-13-5-7-14(8-6-13)21-16(10-18)20-15-9-12(2)11-19-17(15)21/h9,11,13-14H,3-8,10H2,1-2H3. The number of hydrogen-bond acceptors (Lipinski definition) is 2. The van der Waals surface area contributed by atoms with E-state index >= 15 is 0 Å². The molecule has 0 atom stereocenters. The molecule has 2 aromatic heterocycles. The summed E-state index contributed by atoms with van der Waals surface area (Å²) in [7, 11) is 0. The first-order chi connectivity index (χ1) is 10.2. The molecule has 0 amide bonds. The fourth-order valence-corrected chi connectivity index (χ4v) is 3.90. The van der Waals surface area contributed by atoms with Crippen molar-refractivity contribution in [3.63, 3.8) is 0 Å². The highest BCUT2D eigenvalue weighted by Gasteiger charge is 2.25. The van der Waals surface area contributed by atoms with Gasteiger partial charge in [0.15, 0.2) is 5.65 Å². The van der Waals surface area contributed by atoms with Crippen LogP contribution in [-0.2, 0) is 5.88 Å². The zero-order valence-corrected chi connectivity index (χ0v) is 13.7. The van der Waals surface area contributed by atoms with E-state index in [0.29, 0.717) is 11.9 Å². The second-order valence-corrected chi connectivity index (χ2v) is 6.62. The van der Waals surface area contributed by atoms with Gasteiger partial charge in [-0.1, -0.05) is 19.8 Å². The van der Waals surface area contributed by atoms with Crippen LogP contribution < -0.4 is 0 Å². The van der Waals surface area contributed by atoms with Crippen LogP contribution in [-0.4, -0.2) is 14.5 Å². The molecule has 1 saturated carbocycles. The molecule has 114 valence electrons. The number of pyridine rings is 1. The molecule has 1 aliphatic rings. The molecule has 0 N–H and O–H groups in total. The number of aryl methyl sites for hydroxylation is 1. The first-order valence-corrected chi connectivity index (χ1v) is 8.65. The van der Waals surface area contributed by atoms with Crippen molar-refractivity contribution in [1.29, 1.82) is 0 Å². The Morgan fingerprint density at radius 2 is 2.05 bits per heavy atom. The molecular formula is C17H24ClN3. The second kappa shape index (κ2) is 6.35. The zero-order chi connectivity index (χ0) is 14.8. The van der Waals surface area contributed by atoms with Gasteiger partial charge in [0.05, 0.1) is 5.88 Å². The van der Waals surface area contributed by atoms with Gasteiger partial charge in [-0.25, -0.2) is 9.97 Å². The largest absolute Gasteiger partial charge is 0.309 e. The van der Waals surface area contributed by atoms with E-state index in [1.165, 1.54) is 38.5 Å². The lowest BCUT2D eigenvalue weighted by atomic mass is 9.83. The molecule has 3 rings (SSSR count). The third-order valence-corrected chi connectivity index (χ3v) is 4.98. The first kappa shape index (κ1) is 14.8.